The molecule has 15 heavy (non-hydrogen) atoms. The first-order valence-electron chi connectivity index (χ1n) is 4.03. The fraction of sp³-hybridized carbons (Fsp3) is 0.250. The highest BCUT2D eigenvalue weighted by Gasteiger charge is 2.41. The Bertz CT molecular complexity index is 446. The van der Waals surface area contributed by atoms with Crippen molar-refractivity contribution in [3.05, 3.63) is 30.2 Å². The first kappa shape index (κ1) is 9.91. The van der Waals surface area contributed by atoms with Crippen molar-refractivity contribution >= 4 is 5.65 Å². The molecular weight excluding hydrogens is 211 g/mol. The summed E-state index contributed by atoms with van der Waals surface area (Å²) in [5.74, 6) is 0. The Morgan fingerprint density at radius 1 is 1.40 bits per heavy atom. The summed E-state index contributed by atoms with van der Waals surface area (Å²) >= 11 is 0. The Morgan fingerprint density at radius 2 is 2.13 bits per heavy atom. The van der Waals surface area contributed by atoms with Gasteiger partial charge in [0, 0.05) is 18.5 Å². The van der Waals surface area contributed by atoms with Gasteiger partial charge in [-0.15, -0.1) is 0 Å². The van der Waals surface area contributed by atoms with Gasteiger partial charge < -0.3 is 5.11 Å². The molecule has 0 amide bonds. The van der Waals surface area contributed by atoms with E-state index in [1.165, 1.54) is 23.0 Å². The summed E-state index contributed by atoms with van der Waals surface area (Å²) in [6, 6.07) is 2.63. The number of rotatable bonds is 1. The second-order valence-corrected chi connectivity index (χ2v) is 2.94. The third-order valence-electron chi connectivity index (χ3n) is 1.85. The van der Waals surface area contributed by atoms with Crippen LogP contribution in [0.5, 0.6) is 0 Å². The summed E-state index contributed by atoms with van der Waals surface area (Å²) in [6.07, 6.45) is -4.40. The van der Waals surface area contributed by atoms with E-state index in [1.54, 1.807) is 0 Å². The number of halogens is 3. The zero-order valence-electron chi connectivity index (χ0n) is 7.31. The van der Waals surface area contributed by atoms with Gasteiger partial charge in [-0.05, 0) is 6.07 Å². The molecule has 0 spiro atoms. The first-order valence-corrected chi connectivity index (χ1v) is 4.03. The molecule has 2 rings (SSSR count). The summed E-state index contributed by atoms with van der Waals surface area (Å²) in [5.41, 5.74) is -0.197. The van der Waals surface area contributed by atoms with E-state index in [-0.39, 0.29) is 5.65 Å². The molecule has 80 valence electrons. The van der Waals surface area contributed by atoms with Gasteiger partial charge in [0.15, 0.2) is 11.8 Å². The van der Waals surface area contributed by atoms with Crippen molar-refractivity contribution in [1.29, 1.82) is 0 Å². The first-order chi connectivity index (χ1) is 6.98. The Kier molecular flexibility index (Phi) is 2.11. The average Bonchev–Trinajstić information content (AvgIpc) is 2.58. The maximum absolute atomic E-state index is 12.1. The minimum Gasteiger partial charge on any atom is -0.378 e. The van der Waals surface area contributed by atoms with Crippen LogP contribution in [0.15, 0.2) is 24.5 Å². The Labute approximate surface area is 82.0 Å². The molecule has 4 nitrogen and oxygen atoms in total. The third kappa shape index (κ3) is 1.78. The van der Waals surface area contributed by atoms with E-state index < -0.39 is 18.0 Å². The van der Waals surface area contributed by atoms with E-state index in [0.29, 0.717) is 0 Å². The SMILES string of the molecule is O[C@H](c1cc2ncccn2n1)C(F)(F)F. The fourth-order valence-electron chi connectivity index (χ4n) is 1.15. The van der Waals surface area contributed by atoms with Gasteiger partial charge in [-0.25, -0.2) is 9.50 Å². The zero-order valence-corrected chi connectivity index (χ0v) is 7.31. The van der Waals surface area contributed by atoms with E-state index in [9.17, 15) is 13.2 Å². The van der Waals surface area contributed by atoms with Gasteiger partial charge >= 0.3 is 6.18 Å². The van der Waals surface area contributed by atoms with Crippen molar-refractivity contribution in [2.75, 3.05) is 0 Å². The largest absolute Gasteiger partial charge is 0.420 e. The Balaban J connectivity index is 2.45. The molecule has 7 heteroatoms. The van der Waals surface area contributed by atoms with Crippen molar-refractivity contribution in [3.63, 3.8) is 0 Å². The van der Waals surface area contributed by atoms with Crippen molar-refractivity contribution in [2.24, 2.45) is 0 Å². The average molecular weight is 217 g/mol. The van der Waals surface area contributed by atoms with E-state index in [4.69, 9.17) is 5.11 Å². The normalized spacial score (nSPS) is 14.4. The van der Waals surface area contributed by atoms with Crippen LogP contribution < -0.4 is 0 Å². The van der Waals surface area contributed by atoms with Gasteiger partial charge in [-0.3, -0.25) is 0 Å². The number of fused-ring (bicyclic) bond motifs is 1. The monoisotopic (exact) mass is 217 g/mol. The quantitative estimate of drug-likeness (QED) is 0.783. The summed E-state index contributed by atoms with van der Waals surface area (Å²) in [6.45, 7) is 0. The minimum atomic E-state index is -4.71. The van der Waals surface area contributed by atoms with E-state index >= 15 is 0 Å². The van der Waals surface area contributed by atoms with Crippen LogP contribution in [0.4, 0.5) is 13.2 Å². The second-order valence-electron chi connectivity index (χ2n) is 2.94. The molecule has 0 unspecified atom stereocenters. The van der Waals surface area contributed by atoms with Gasteiger partial charge in [0.2, 0.25) is 0 Å². The fourth-order valence-corrected chi connectivity index (χ4v) is 1.15. The van der Waals surface area contributed by atoms with Gasteiger partial charge in [-0.1, -0.05) is 0 Å². The van der Waals surface area contributed by atoms with Crippen molar-refractivity contribution in [2.45, 2.75) is 12.3 Å². The number of nitrogens with zero attached hydrogens (tertiary/aromatic N) is 3. The lowest BCUT2D eigenvalue weighted by molar-refractivity contribution is -0.208. The standard InChI is InChI=1S/C8H6F3N3O/c9-8(10,11)7(15)5-4-6-12-2-1-3-14(6)13-5/h1-4,7,15H/t7-/m1/s1. The molecule has 0 saturated carbocycles. The molecule has 2 aromatic rings. The molecule has 0 saturated heterocycles. The van der Waals surface area contributed by atoms with Gasteiger partial charge in [-0.2, -0.15) is 18.3 Å². The molecule has 0 aliphatic carbocycles. The smallest absolute Gasteiger partial charge is 0.378 e. The van der Waals surface area contributed by atoms with E-state index in [1.807, 2.05) is 0 Å². The number of aliphatic hydroxyl groups is 1. The van der Waals surface area contributed by atoms with Crippen molar-refractivity contribution in [3.8, 4) is 0 Å². The zero-order chi connectivity index (χ0) is 11.1. The molecule has 1 atom stereocenters. The molecule has 0 fully saturated rings. The van der Waals surface area contributed by atoms with E-state index in [0.717, 1.165) is 6.07 Å². The topological polar surface area (TPSA) is 50.4 Å². The highest BCUT2D eigenvalue weighted by atomic mass is 19.4. The number of hydrogen-bond donors (Lipinski definition) is 1. The molecule has 2 heterocycles. The highest BCUT2D eigenvalue weighted by molar-refractivity contribution is 5.39. The summed E-state index contributed by atoms with van der Waals surface area (Å²) < 4.78 is 37.6. The number of hydrogen-bond acceptors (Lipinski definition) is 3. The predicted molar refractivity (Wildman–Crippen MR) is 44.0 cm³/mol. The molecule has 0 aliphatic rings. The van der Waals surface area contributed by atoms with Crippen LogP contribution in [0.25, 0.3) is 5.65 Å². The predicted octanol–water partition coefficient (Wildman–Crippen LogP) is 1.32. The number of aromatic nitrogens is 3. The van der Waals surface area contributed by atoms with Crippen LogP contribution in [0.1, 0.15) is 11.8 Å². The maximum atomic E-state index is 12.1. The maximum Gasteiger partial charge on any atom is 0.420 e. The summed E-state index contributed by atoms with van der Waals surface area (Å²) in [4.78, 5) is 3.79. The number of alkyl halides is 3. The van der Waals surface area contributed by atoms with Crippen LogP contribution in [0, 0.1) is 0 Å². The molecular formula is C8H6F3N3O. The van der Waals surface area contributed by atoms with Gasteiger partial charge in [0.1, 0.15) is 5.69 Å². The Hall–Kier alpha value is -1.63. The highest BCUT2D eigenvalue weighted by Crippen LogP contribution is 2.31. The van der Waals surface area contributed by atoms with Crippen LogP contribution in [-0.2, 0) is 0 Å². The van der Waals surface area contributed by atoms with Crippen molar-refractivity contribution in [1.82, 2.24) is 14.6 Å². The lowest BCUT2D eigenvalue weighted by atomic mass is 10.2. The molecule has 0 aromatic carbocycles. The molecule has 1 N–H and O–H groups in total. The number of aliphatic hydroxyl groups excluding tert-OH is 1. The third-order valence-corrected chi connectivity index (χ3v) is 1.85. The molecule has 0 radical (unpaired) electrons. The van der Waals surface area contributed by atoms with Gasteiger partial charge in [0.25, 0.3) is 0 Å². The van der Waals surface area contributed by atoms with Crippen LogP contribution >= 0.6 is 0 Å². The van der Waals surface area contributed by atoms with Crippen molar-refractivity contribution < 1.29 is 18.3 Å². The van der Waals surface area contributed by atoms with Gasteiger partial charge in [0.05, 0.1) is 0 Å². The molecule has 2 aromatic heterocycles. The summed E-state index contributed by atoms with van der Waals surface area (Å²) in [7, 11) is 0. The lowest BCUT2D eigenvalue weighted by Gasteiger charge is -2.10. The minimum absolute atomic E-state index is 0.260. The molecule has 0 aliphatic heterocycles. The Morgan fingerprint density at radius 3 is 2.73 bits per heavy atom. The van der Waals surface area contributed by atoms with Crippen LogP contribution in [0.3, 0.4) is 0 Å². The summed E-state index contributed by atoms with van der Waals surface area (Å²) in [5, 5.41) is 12.5. The van der Waals surface area contributed by atoms with E-state index in [2.05, 4.69) is 10.1 Å². The van der Waals surface area contributed by atoms with Crippen LogP contribution in [0.2, 0.25) is 0 Å². The lowest BCUT2D eigenvalue weighted by Crippen LogP contribution is -2.20. The molecule has 0 bridgehead atoms. The van der Waals surface area contributed by atoms with Crippen LogP contribution in [-0.4, -0.2) is 25.9 Å². The second kappa shape index (κ2) is 3.20.